The van der Waals surface area contributed by atoms with Crippen LogP contribution in [0.15, 0.2) is 0 Å². The molecule has 34 heteroatoms. The Labute approximate surface area is 461 Å². The van der Waals surface area contributed by atoms with Crippen LogP contribution in [-0.2, 0) is 90.3 Å². The number of carbonyl (C=O) groups excluding carboxylic acids is 6. The summed E-state index contributed by atoms with van der Waals surface area (Å²) in [6, 6.07) is -4.81. The van der Waals surface area contributed by atoms with Gasteiger partial charge >= 0.3 is 0 Å². The molecule has 0 bridgehead atoms. The van der Waals surface area contributed by atoms with Gasteiger partial charge in [-0.05, 0) is 0 Å². The second-order valence-corrected chi connectivity index (χ2v) is 20.2. The molecule has 28 atom stereocenters. The summed E-state index contributed by atoms with van der Waals surface area (Å²) in [7, 11) is 2.31. The number of nitrogens with one attached hydrogen (secondary N) is 3. The van der Waals surface area contributed by atoms with Crippen molar-refractivity contribution in [2.24, 2.45) is 0 Å². The molecule has 6 aliphatic heterocycles. The minimum atomic E-state index is -3.13. The van der Waals surface area contributed by atoms with Crippen molar-refractivity contribution >= 4 is 36.6 Å². The maximum atomic E-state index is 12.9. The molecule has 0 aromatic rings. The number of methoxy groups -OCH3 is 2. The molecule has 15 N–H and O–H groups in total. The fraction of sp³-hybridized carbons (Fsp3) is 0.872. The van der Waals surface area contributed by atoms with E-state index >= 15 is 0 Å². The van der Waals surface area contributed by atoms with Crippen molar-refractivity contribution < 1.29 is 152 Å². The number of hydrogen-bond donors (Lipinski definition) is 15. The van der Waals surface area contributed by atoms with Crippen molar-refractivity contribution in [1.29, 1.82) is 0 Å². The third-order valence-corrected chi connectivity index (χ3v) is 14.7. The molecule has 6 rings (SSSR count). The van der Waals surface area contributed by atoms with Gasteiger partial charge in [-0.25, -0.2) is 0 Å². The Balaban J connectivity index is 1.34. The predicted molar refractivity (Wildman–Crippen MR) is 255 cm³/mol. The molecule has 0 radical (unpaired) electrons. The van der Waals surface area contributed by atoms with E-state index in [0.29, 0.717) is 0 Å². The molecule has 6 aliphatic rings. The number of aldehydes is 3. The van der Waals surface area contributed by atoms with Crippen molar-refractivity contribution in [3.8, 4) is 0 Å². The molecule has 6 saturated heterocycles. The molecule has 0 saturated carbocycles. The van der Waals surface area contributed by atoms with Gasteiger partial charge in [-0.3, -0.25) is 14.4 Å². The lowest BCUT2D eigenvalue weighted by atomic mass is 9.89. The van der Waals surface area contributed by atoms with Gasteiger partial charge in [0, 0.05) is 47.8 Å². The van der Waals surface area contributed by atoms with Crippen LogP contribution >= 0.6 is 0 Å². The third kappa shape index (κ3) is 14.6. The first-order valence-corrected chi connectivity index (χ1v) is 25.8. The maximum Gasteiger partial charge on any atom is 0.217 e. The minimum Gasteiger partial charge on any atom is -0.394 e. The van der Waals surface area contributed by atoms with E-state index in [9.17, 15) is 90.0 Å². The molecule has 6 fully saturated rings. The summed E-state index contributed by atoms with van der Waals surface area (Å²) in [6.07, 6.45) is -43.7. The fourth-order valence-corrected chi connectivity index (χ4v) is 10.9. The van der Waals surface area contributed by atoms with Gasteiger partial charge in [-0.1, -0.05) is 0 Å². The molecule has 0 aromatic carbocycles. The van der Waals surface area contributed by atoms with Crippen LogP contribution in [0.25, 0.3) is 0 Å². The standard InChI is InChI=1S/C47H75N3O31/c1-17(60)48-29-22(10-53)74-36(27(15-58)77-43(29)70-5)39-41(65)46(67,6-20(8-51)71-39)81-45-31(50-19(3)62)24(12-55)75-37(28(16-59)79-45)40-42(66)47(68,7-21(9-52)72-40)80-44-30(49-18(2)61)23(11-54)73-35(26(14-57)78-44)38-33(64)32(63)34(69-4)25(13-56)76-38/h8-9,13,20-45,53-55,57-59,63-68H,6-7,10-12,14-16H2,1-5H3,(H,48,60)(H,49,61)(H,50,62)/t20?,21?,22?,23?,24?,25?,26?,27?,28?,29?,30?,31?,32?,33?,34-,35?,36?,37?,38-,39+,40+,41?,42?,43-,44+,45+,46?,47+/m1/s1. The summed E-state index contributed by atoms with van der Waals surface area (Å²) in [5.41, 5.74) is 0. The fourth-order valence-electron chi connectivity index (χ4n) is 10.9. The molecule has 34 nitrogen and oxygen atoms in total. The number of rotatable bonds is 21. The Bertz CT molecular complexity index is 2090. The van der Waals surface area contributed by atoms with Crippen LogP contribution in [0, 0.1) is 0 Å². The van der Waals surface area contributed by atoms with Crippen molar-refractivity contribution in [1.82, 2.24) is 16.0 Å². The Kier molecular flexibility index (Phi) is 23.8. The Morgan fingerprint density at radius 3 is 1.11 bits per heavy atom. The summed E-state index contributed by atoms with van der Waals surface area (Å²) < 4.78 is 76.7. The molecule has 6 heterocycles. The van der Waals surface area contributed by atoms with Gasteiger partial charge < -0.3 is 153 Å². The van der Waals surface area contributed by atoms with Crippen LogP contribution in [0.4, 0.5) is 0 Å². The van der Waals surface area contributed by atoms with Gasteiger partial charge in [0.2, 0.25) is 29.3 Å². The Morgan fingerprint density at radius 2 is 0.802 bits per heavy atom. The zero-order chi connectivity index (χ0) is 59.8. The van der Waals surface area contributed by atoms with Crippen molar-refractivity contribution in [3.05, 3.63) is 0 Å². The highest BCUT2D eigenvalue weighted by molar-refractivity contribution is 5.74. The predicted octanol–water partition coefficient (Wildman–Crippen LogP) is -10.9. The third-order valence-electron chi connectivity index (χ3n) is 14.7. The molecule has 20 unspecified atom stereocenters. The molecule has 464 valence electrons. The average Bonchev–Trinajstić information content (AvgIpc) is 3.83. The highest BCUT2D eigenvalue weighted by Gasteiger charge is 2.62. The summed E-state index contributed by atoms with van der Waals surface area (Å²) in [4.78, 5) is 75.2. The van der Waals surface area contributed by atoms with Crippen molar-refractivity contribution in [2.75, 3.05) is 53.9 Å². The normalized spacial score (nSPS) is 46.2. The van der Waals surface area contributed by atoms with Crippen LogP contribution < -0.4 is 16.0 Å². The zero-order valence-electron chi connectivity index (χ0n) is 44.5. The van der Waals surface area contributed by atoms with E-state index in [-0.39, 0.29) is 18.9 Å². The van der Waals surface area contributed by atoms with Crippen LogP contribution in [-0.4, -0.2) is 322 Å². The first kappa shape index (κ1) is 66.6. The lowest BCUT2D eigenvalue weighted by Gasteiger charge is -2.48. The van der Waals surface area contributed by atoms with E-state index in [1.165, 1.54) is 7.11 Å². The maximum absolute atomic E-state index is 12.9. The summed E-state index contributed by atoms with van der Waals surface area (Å²) in [5.74, 6) is -8.53. The number of aliphatic hydroxyl groups is 12. The Hall–Kier alpha value is -3.58. The van der Waals surface area contributed by atoms with E-state index in [1.807, 2.05) is 0 Å². The smallest absolute Gasteiger partial charge is 0.217 e. The molecule has 81 heavy (non-hydrogen) atoms. The monoisotopic (exact) mass is 1180 g/mol. The van der Waals surface area contributed by atoms with E-state index in [2.05, 4.69) is 16.0 Å². The molecule has 0 spiro atoms. The van der Waals surface area contributed by atoms with Gasteiger partial charge in [-0.15, -0.1) is 0 Å². The lowest BCUT2D eigenvalue weighted by molar-refractivity contribution is -0.384. The molecular formula is C47H75N3O31. The molecule has 0 aromatic heterocycles. The zero-order valence-corrected chi connectivity index (χ0v) is 44.5. The van der Waals surface area contributed by atoms with E-state index < -0.39 is 241 Å². The second-order valence-electron chi connectivity index (χ2n) is 20.2. The topological polar surface area (TPSA) is 501 Å². The minimum absolute atomic E-state index is 0.147. The van der Waals surface area contributed by atoms with Crippen LogP contribution in [0.2, 0.25) is 0 Å². The van der Waals surface area contributed by atoms with Crippen molar-refractivity contribution in [3.63, 3.8) is 0 Å². The SMILES string of the molecule is CO[C@@H]1OC(CO)C([C@@H]2OC(C=O)CC(O)(O[C@@H]3OC(CO)C([C@@H]4OC(C=O)C[C@](O)(O[C@@H]5OC(CO)C([C@@H]6OC(C=O)[C@@H](OC)C(O)C6O)OC(CO)C5NC(C)=O)C4O)OC(CO)C3NC(C)=O)C2O)OC(CO)C1NC(C)=O. The van der Waals surface area contributed by atoms with Crippen molar-refractivity contribution in [2.45, 2.75) is 204 Å². The summed E-state index contributed by atoms with van der Waals surface area (Å²) in [6.45, 7) is -3.00. The average molecular weight is 1180 g/mol. The lowest BCUT2D eigenvalue weighted by Crippen LogP contribution is -2.67. The quantitative estimate of drug-likeness (QED) is 0.0375. The van der Waals surface area contributed by atoms with Gasteiger partial charge in [0.15, 0.2) is 25.2 Å². The first-order chi connectivity index (χ1) is 38.5. The summed E-state index contributed by atoms with van der Waals surface area (Å²) >= 11 is 0. The highest BCUT2D eigenvalue weighted by Crippen LogP contribution is 2.42. The number of amides is 3. The van der Waals surface area contributed by atoms with Gasteiger partial charge in [-0.2, -0.15) is 0 Å². The first-order valence-electron chi connectivity index (χ1n) is 25.8. The number of aliphatic hydroxyl groups excluding tert-OH is 10. The number of hydrogen-bond acceptors (Lipinski definition) is 31. The van der Waals surface area contributed by atoms with Gasteiger partial charge in [0.25, 0.3) is 0 Å². The van der Waals surface area contributed by atoms with Crippen LogP contribution in [0.5, 0.6) is 0 Å². The van der Waals surface area contributed by atoms with E-state index in [1.54, 1.807) is 0 Å². The summed E-state index contributed by atoms with van der Waals surface area (Å²) in [5, 5.41) is 143. The van der Waals surface area contributed by atoms with Crippen LogP contribution in [0.3, 0.4) is 0 Å². The second kappa shape index (κ2) is 29.0. The molecular weight excluding hydrogens is 1100 g/mol. The van der Waals surface area contributed by atoms with E-state index in [4.69, 9.17) is 61.6 Å². The van der Waals surface area contributed by atoms with Crippen LogP contribution in [0.1, 0.15) is 33.6 Å². The van der Waals surface area contributed by atoms with Gasteiger partial charge in [0.05, 0.1) is 39.6 Å². The molecule has 0 aliphatic carbocycles. The highest BCUT2D eigenvalue weighted by atomic mass is 16.8. The number of ether oxygens (including phenoxy) is 13. The number of carbonyl (C=O) groups is 6. The largest absolute Gasteiger partial charge is 0.394 e. The Morgan fingerprint density at radius 1 is 0.457 bits per heavy atom. The molecule has 3 amide bonds. The van der Waals surface area contributed by atoms with Gasteiger partial charge in [0.1, 0.15) is 153 Å². The van der Waals surface area contributed by atoms with E-state index in [0.717, 1.165) is 27.9 Å².